The van der Waals surface area contributed by atoms with Crippen molar-refractivity contribution < 1.29 is 4.42 Å². The molecule has 5 aromatic heterocycles. The number of hydrogen-bond acceptors (Lipinski definition) is 3. The Morgan fingerprint density at radius 2 is 1.11 bits per heavy atom. The molecule has 0 bridgehead atoms. The first kappa shape index (κ1) is 29.0. The van der Waals surface area contributed by atoms with Gasteiger partial charge in [0.15, 0.2) is 17.2 Å². The van der Waals surface area contributed by atoms with Crippen LogP contribution in [0.25, 0.3) is 121 Å². The smallest absolute Gasteiger partial charge is 0.197 e. The maximum Gasteiger partial charge on any atom is 0.197 e. The molecule has 8 aromatic carbocycles. The third-order valence-electron chi connectivity index (χ3n) is 11.6. The lowest BCUT2D eigenvalue weighted by molar-refractivity contribution is 0.662. The fraction of sp³-hybridized carbons (Fsp3) is 0. The number of hydrogen-bond donors (Lipinski definition) is 0. The van der Waals surface area contributed by atoms with E-state index in [1.54, 1.807) is 0 Å². The topological polar surface area (TPSA) is 48.3 Å². The minimum Gasteiger partial charge on any atom is -0.450 e. The first-order chi connectivity index (χ1) is 27.3. The Morgan fingerprint density at radius 3 is 1.98 bits per heavy atom. The molecule has 0 aliphatic heterocycles. The standard InChI is InChI=1S/C50H28N4O/c1-2-12-29(13-3-1)32-24-25-41-37(27-32)38-28-42-44(45-35-17-7-9-19-39(35)53(41)47(38)45)34-16-6-10-20-40(34)54(42)50-48-46(36-18-8-11-21-43(36)55-48)51-49(52-50)33-23-22-30-14-4-5-15-31(30)26-33/h1-28H. The van der Waals surface area contributed by atoms with Crippen molar-refractivity contribution in [3.05, 3.63) is 170 Å². The largest absolute Gasteiger partial charge is 0.450 e. The molecule has 5 nitrogen and oxygen atoms in total. The quantitative estimate of drug-likeness (QED) is 0.184. The molecular weight excluding hydrogens is 673 g/mol. The minimum absolute atomic E-state index is 0.658. The average molecular weight is 701 g/mol. The third-order valence-corrected chi connectivity index (χ3v) is 11.6. The summed E-state index contributed by atoms with van der Waals surface area (Å²) < 4.78 is 11.5. The molecule has 13 aromatic rings. The normalized spacial score (nSPS) is 12.4. The molecule has 0 spiro atoms. The van der Waals surface area contributed by atoms with Gasteiger partial charge in [-0.1, -0.05) is 121 Å². The highest BCUT2D eigenvalue weighted by atomic mass is 16.3. The molecule has 0 radical (unpaired) electrons. The molecule has 254 valence electrons. The van der Waals surface area contributed by atoms with E-state index in [0.29, 0.717) is 11.4 Å². The number of aromatic nitrogens is 4. The van der Waals surface area contributed by atoms with Crippen LogP contribution in [-0.4, -0.2) is 18.9 Å². The van der Waals surface area contributed by atoms with Crippen LogP contribution in [0.5, 0.6) is 0 Å². The number of benzene rings is 8. The second kappa shape index (κ2) is 10.6. The van der Waals surface area contributed by atoms with E-state index in [-0.39, 0.29) is 0 Å². The number of rotatable bonds is 3. The van der Waals surface area contributed by atoms with Crippen LogP contribution in [0.4, 0.5) is 0 Å². The van der Waals surface area contributed by atoms with Gasteiger partial charge in [0.1, 0.15) is 11.1 Å². The first-order valence-corrected chi connectivity index (χ1v) is 18.7. The monoisotopic (exact) mass is 700 g/mol. The summed E-state index contributed by atoms with van der Waals surface area (Å²) in [5.41, 5.74) is 11.4. The van der Waals surface area contributed by atoms with Crippen molar-refractivity contribution in [3.8, 4) is 28.3 Å². The highest BCUT2D eigenvalue weighted by Gasteiger charge is 2.27. The highest BCUT2D eigenvalue weighted by molar-refractivity contribution is 6.36. The van der Waals surface area contributed by atoms with E-state index in [0.717, 1.165) is 44.3 Å². The summed E-state index contributed by atoms with van der Waals surface area (Å²) in [7, 11) is 0. The Labute approximate surface area is 313 Å². The summed E-state index contributed by atoms with van der Waals surface area (Å²) in [6, 6.07) is 60.6. The third kappa shape index (κ3) is 3.86. The lowest BCUT2D eigenvalue weighted by atomic mass is 10.00. The second-order valence-electron chi connectivity index (χ2n) is 14.6. The van der Waals surface area contributed by atoms with Gasteiger partial charge in [0.05, 0.1) is 27.6 Å². The van der Waals surface area contributed by atoms with Crippen LogP contribution < -0.4 is 0 Å². The molecule has 0 N–H and O–H groups in total. The van der Waals surface area contributed by atoms with Gasteiger partial charge >= 0.3 is 0 Å². The molecule has 5 heteroatoms. The molecule has 0 aliphatic rings. The summed E-state index contributed by atoms with van der Waals surface area (Å²) in [6.07, 6.45) is 0. The Bertz CT molecular complexity index is 3720. The zero-order valence-corrected chi connectivity index (χ0v) is 29.4. The minimum atomic E-state index is 0.658. The van der Waals surface area contributed by atoms with Crippen molar-refractivity contribution in [2.24, 2.45) is 0 Å². The van der Waals surface area contributed by atoms with Crippen LogP contribution in [0.3, 0.4) is 0 Å². The van der Waals surface area contributed by atoms with Crippen molar-refractivity contribution in [2.75, 3.05) is 0 Å². The summed E-state index contributed by atoms with van der Waals surface area (Å²) in [4.78, 5) is 10.7. The van der Waals surface area contributed by atoms with Crippen molar-refractivity contribution >= 4 is 92.7 Å². The zero-order chi connectivity index (χ0) is 35.8. The molecule has 0 unspecified atom stereocenters. The molecule has 13 rings (SSSR count). The zero-order valence-electron chi connectivity index (χ0n) is 29.4. The molecule has 0 saturated carbocycles. The van der Waals surface area contributed by atoms with Gasteiger partial charge in [-0.3, -0.25) is 4.57 Å². The Balaban J connectivity index is 1.22. The van der Waals surface area contributed by atoms with Crippen LogP contribution in [0.1, 0.15) is 0 Å². The number of para-hydroxylation sites is 3. The summed E-state index contributed by atoms with van der Waals surface area (Å²) in [5.74, 6) is 1.38. The second-order valence-corrected chi connectivity index (χ2v) is 14.6. The van der Waals surface area contributed by atoms with E-state index < -0.39 is 0 Å². The molecule has 55 heavy (non-hydrogen) atoms. The average Bonchev–Trinajstić information content (AvgIpc) is 3.98. The van der Waals surface area contributed by atoms with E-state index in [4.69, 9.17) is 14.4 Å². The van der Waals surface area contributed by atoms with E-state index in [1.165, 1.54) is 65.4 Å². The Morgan fingerprint density at radius 1 is 0.418 bits per heavy atom. The Hall–Kier alpha value is -7.50. The summed E-state index contributed by atoms with van der Waals surface area (Å²) in [5, 5.41) is 10.6. The molecule has 0 fully saturated rings. The SMILES string of the molecule is c1ccc(-c2ccc3c(c2)c2cc4c(c5ccccc5n4-c4nc(-c5ccc6ccccc6c5)nc5c4oc4ccccc45)c4c5ccccc5n3c24)cc1. The van der Waals surface area contributed by atoms with Crippen LogP contribution in [0.2, 0.25) is 0 Å². The van der Waals surface area contributed by atoms with Gasteiger partial charge in [0.25, 0.3) is 0 Å². The molecular formula is C50H28N4O. The number of furan rings is 1. The van der Waals surface area contributed by atoms with Crippen LogP contribution in [0.15, 0.2) is 174 Å². The lowest BCUT2D eigenvalue weighted by Gasteiger charge is -2.11. The number of fused-ring (bicyclic) bond motifs is 14. The van der Waals surface area contributed by atoms with Gasteiger partial charge in [-0.05, 0) is 70.4 Å². The van der Waals surface area contributed by atoms with Crippen LogP contribution >= 0.6 is 0 Å². The molecule has 0 atom stereocenters. The maximum absolute atomic E-state index is 6.75. The number of nitrogens with zero attached hydrogens (tertiary/aromatic N) is 4. The highest BCUT2D eigenvalue weighted by Crippen LogP contribution is 2.48. The molecule has 5 heterocycles. The fourth-order valence-electron chi connectivity index (χ4n) is 9.24. The van der Waals surface area contributed by atoms with E-state index >= 15 is 0 Å². The molecule has 0 saturated heterocycles. The van der Waals surface area contributed by atoms with Crippen LogP contribution in [-0.2, 0) is 0 Å². The van der Waals surface area contributed by atoms with Crippen LogP contribution in [0, 0.1) is 0 Å². The predicted octanol–water partition coefficient (Wildman–Crippen LogP) is 13.1. The Kier molecular flexibility index (Phi) is 5.57. The van der Waals surface area contributed by atoms with Gasteiger partial charge in [-0.15, -0.1) is 0 Å². The summed E-state index contributed by atoms with van der Waals surface area (Å²) >= 11 is 0. The van der Waals surface area contributed by atoms with Gasteiger partial charge in [0.2, 0.25) is 0 Å². The molecule has 0 amide bonds. The van der Waals surface area contributed by atoms with Crippen molar-refractivity contribution in [3.63, 3.8) is 0 Å². The van der Waals surface area contributed by atoms with Gasteiger partial charge < -0.3 is 8.82 Å². The van der Waals surface area contributed by atoms with Gasteiger partial charge in [-0.25, -0.2) is 9.97 Å². The van der Waals surface area contributed by atoms with E-state index in [9.17, 15) is 0 Å². The van der Waals surface area contributed by atoms with Crippen molar-refractivity contribution in [1.82, 2.24) is 18.9 Å². The fourth-order valence-corrected chi connectivity index (χ4v) is 9.24. The van der Waals surface area contributed by atoms with Gasteiger partial charge in [0, 0.05) is 43.3 Å². The van der Waals surface area contributed by atoms with Crippen molar-refractivity contribution in [2.45, 2.75) is 0 Å². The predicted molar refractivity (Wildman–Crippen MR) is 227 cm³/mol. The maximum atomic E-state index is 6.75. The van der Waals surface area contributed by atoms with Gasteiger partial charge in [-0.2, -0.15) is 0 Å². The van der Waals surface area contributed by atoms with Crippen molar-refractivity contribution in [1.29, 1.82) is 0 Å². The van der Waals surface area contributed by atoms with E-state index in [2.05, 4.69) is 161 Å². The van der Waals surface area contributed by atoms with E-state index in [1.807, 2.05) is 18.2 Å². The molecule has 0 aliphatic carbocycles. The lowest BCUT2D eigenvalue weighted by Crippen LogP contribution is -2.02. The summed E-state index contributed by atoms with van der Waals surface area (Å²) in [6.45, 7) is 0. The first-order valence-electron chi connectivity index (χ1n) is 18.7.